The van der Waals surface area contributed by atoms with Crippen molar-refractivity contribution in [3.8, 4) is 0 Å². The summed E-state index contributed by atoms with van der Waals surface area (Å²) in [6, 6.07) is 0. The first kappa shape index (κ1) is 8.96. The van der Waals surface area contributed by atoms with Crippen LogP contribution in [-0.4, -0.2) is 28.4 Å². The average Bonchev–Trinajstić information content (AvgIpc) is 2.35. The molecule has 0 unspecified atom stereocenters. The largest absolute Gasteiger partial charge is 0.424 e. The number of carbonyl (C=O) groups excluding carboxylic acids is 1. The van der Waals surface area contributed by atoms with Crippen molar-refractivity contribution in [2.24, 2.45) is 0 Å². The van der Waals surface area contributed by atoms with Gasteiger partial charge in [-0.15, -0.1) is 0 Å². The lowest BCUT2D eigenvalue weighted by atomic mass is 10.2. The predicted molar refractivity (Wildman–Crippen MR) is 41.0 cm³/mol. The van der Waals surface area contributed by atoms with Crippen LogP contribution in [0.15, 0.2) is 24.0 Å². The van der Waals surface area contributed by atoms with Crippen LogP contribution < -0.4 is 0 Å². The molecule has 4 heteroatoms. The molecule has 0 aromatic rings. The number of aliphatic hydroxyl groups excluding tert-OH is 2. The number of allylic oxidation sites excluding steroid dienone is 1. The quantitative estimate of drug-likeness (QED) is 0.559. The Balaban J connectivity index is 2.59. The highest BCUT2D eigenvalue weighted by atomic mass is 16.5. The third-order valence-corrected chi connectivity index (χ3v) is 1.43. The number of cyclic esters (lactones) is 1. The fourth-order valence-electron chi connectivity index (χ4n) is 0.732. The number of carbonyl (C=O) groups is 1. The average molecular weight is 170 g/mol. The molecule has 0 radical (unpaired) electrons. The Morgan fingerprint density at radius 2 is 2.17 bits per heavy atom. The highest BCUT2D eigenvalue weighted by Gasteiger charge is 2.13. The summed E-state index contributed by atoms with van der Waals surface area (Å²) in [5.74, 6) is -0.188. The minimum Gasteiger partial charge on any atom is -0.424 e. The Labute approximate surface area is 69.8 Å². The number of aliphatic hydroxyl groups is 2. The van der Waals surface area contributed by atoms with Gasteiger partial charge in [0.1, 0.15) is 11.9 Å². The van der Waals surface area contributed by atoms with Gasteiger partial charge in [0, 0.05) is 6.08 Å². The van der Waals surface area contributed by atoms with E-state index in [2.05, 4.69) is 4.74 Å². The summed E-state index contributed by atoms with van der Waals surface area (Å²) in [6.45, 7) is 1.45. The van der Waals surface area contributed by atoms with Crippen molar-refractivity contribution in [2.75, 3.05) is 0 Å². The third kappa shape index (κ3) is 2.18. The molecule has 0 bridgehead atoms. The molecule has 1 aliphatic heterocycles. The van der Waals surface area contributed by atoms with Gasteiger partial charge in [-0.3, -0.25) is 0 Å². The van der Waals surface area contributed by atoms with Crippen molar-refractivity contribution in [2.45, 2.75) is 19.1 Å². The molecule has 1 aliphatic rings. The molecular formula is C8H10O4. The Morgan fingerprint density at radius 1 is 1.50 bits per heavy atom. The Morgan fingerprint density at radius 3 is 2.58 bits per heavy atom. The molecular weight excluding hydrogens is 160 g/mol. The first-order valence-corrected chi connectivity index (χ1v) is 3.57. The molecule has 0 amide bonds. The van der Waals surface area contributed by atoms with Gasteiger partial charge in [0.25, 0.3) is 0 Å². The van der Waals surface area contributed by atoms with E-state index in [-0.39, 0.29) is 5.76 Å². The van der Waals surface area contributed by atoms with Crippen LogP contribution in [0.2, 0.25) is 0 Å². The van der Waals surface area contributed by atoms with E-state index in [9.17, 15) is 4.79 Å². The SMILES string of the molecule is C[C@H](O)[C@H](O)/C=C1/C=CC(=O)O1. The van der Waals surface area contributed by atoms with Gasteiger partial charge in [0.15, 0.2) is 0 Å². The van der Waals surface area contributed by atoms with Crippen LogP contribution in [0.3, 0.4) is 0 Å². The van der Waals surface area contributed by atoms with Gasteiger partial charge in [-0.1, -0.05) is 0 Å². The second-order valence-electron chi connectivity index (χ2n) is 2.55. The zero-order chi connectivity index (χ0) is 9.14. The number of esters is 1. The van der Waals surface area contributed by atoms with Crippen molar-refractivity contribution < 1.29 is 19.7 Å². The smallest absolute Gasteiger partial charge is 0.336 e. The van der Waals surface area contributed by atoms with E-state index in [0.717, 1.165) is 0 Å². The van der Waals surface area contributed by atoms with E-state index in [1.54, 1.807) is 0 Å². The van der Waals surface area contributed by atoms with E-state index in [4.69, 9.17) is 10.2 Å². The molecule has 0 aliphatic carbocycles. The molecule has 0 spiro atoms. The topological polar surface area (TPSA) is 66.8 Å². The molecule has 0 aromatic heterocycles. The molecule has 1 heterocycles. The maximum absolute atomic E-state index is 10.5. The van der Waals surface area contributed by atoms with Gasteiger partial charge >= 0.3 is 5.97 Å². The Kier molecular flexibility index (Phi) is 2.62. The fraction of sp³-hybridized carbons (Fsp3) is 0.375. The summed E-state index contributed by atoms with van der Waals surface area (Å²) < 4.78 is 4.62. The highest BCUT2D eigenvalue weighted by molar-refractivity contribution is 5.86. The zero-order valence-electron chi connectivity index (χ0n) is 6.60. The van der Waals surface area contributed by atoms with Crippen LogP contribution in [0.4, 0.5) is 0 Å². The van der Waals surface area contributed by atoms with E-state index in [0.29, 0.717) is 0 Å². The van der Waals surface area contributed by atoms with Crippen molar-refractivity contribution in [3.05, 3.63) is 24.0 Å². The Bertz CT molecular complexity index is 239. The predicted octanol–water partition coefficient (Wildman–Crippen LogP) is -0.275. The van der Waals surface area contributed by atoms with Crippen LogP contribution >= 0.6 is 0 Å². The van der Waals surface area contributed by atoms with Gasteiger partial charge in [-0.25, -0.2) is 4.79 Å². The number of hydrogen-bond donors (Lipinski definition) is 2. The van der Waals surface area contributed by atoms with Gasteiger partial charge in [0.2, 0.25) is 0 Å². The first-order valence-electron chi connectivity index (χ1n) is 3.57. The van der Waals surface area contributed by atoms with Crippen LogP contribution in [0.25, 0.3) is 0 Å². The summed E-state index contributed by atoms with van der Waals surface area (Å²) in [7, 11) is 0. The highest BCUT2D eigenvalue weighted by Crippen LogP contribution is 2.10. The van der Waals surface area contributed by atoms with E-state index >= 15 is 0 Å². The lowest BCUT2D eigenvalue weighted by Gasteiger charge is -2.08. The molecule has 0 aromatic carbocycles. The van der Waals surface area contributed by atoms with Crippen LogP contribution in [0.1, 0.15) is 6.92 Å². The van der Waals surface area contributed by atoms with E-state index < -0.39 is 18.2 Å². The van der Waals surface area contributed by atoms with Crippen LogP contribution in [0, 0.1) is 0 Å². The number of rotatable bonds is 2. The maximum atomic E-state index is 10.5. The lowest BCUT2D eigenvalue weighted by Crippen LogP contribution is -2.20. The molecule has 12 heavy (non-hydrogen) atoms. The second kappa shape index (κ2) is 3.51. The van der Waals surface area contributed by atoms with E-state index in [1.807, 2.05) is 0 Å². The van der Waals surface area contributed by atoms with E-state index in [1.165, 1.54) is 25.2 Å². The van der Waals surface area contributed by atoms with Crippen molar-refractivity contribution >= 4 is 5.97 Å². The summed E-state index contributed by atoms with van der Waals surface area (Å²) in [6.07, 6.45) is 2.10. The van der Waals surface area contributed by atoms with Crippen molar-refractivity contribution in [3.63, 3.8) is 0 Å². The summed E-state index contributed by atoms with van der Waals surface area (Å²) in [5.41, 5.74) is 0. The van der Waals surface area contributed by atoms with Gasteiger partial charge in [-0.05, 0) is 19.1 Å². The third-order valence-electron chi connectivity index (χ3n) is 1.43. The molecule has 0 fully saturated rings. The summed E-state index contributed by atoms with van der Waals surface area (Å²) >= 11 is 0. The number of ether oxygens (including phenoxy) is 1. The summed E-state index contributed by atoms with van der Waals surface area (Å²) in [5, 5.41) is 18.0. The minimum atomic E-state index is -1.00. The van der Waals surface area contributed by atoms with Crippen molar-refractivity contribution in [1.29, 1.82) is 0 Å². The van der Waals surface area contributed by atoms with Crippen molar-refractivity contribution in [1.82, 2.24) is 0 Å². The molecule has 66 valence electrons. The molecule has 4 nitrogen and oxygen atoms in total. The monoisotopic (exact) mass is 170 g/mol. The second-order valence-corrected chi connectivity index (χ2v) is 2.55. The van der Waals surface area contributed by atoms with Gasteiger partial charge in [-0.2, -0.15) is 0 Å². The van der Waals surface area contributed by atoms with Gasteiger partial charge < -0.3 is 14.9 Å². The fourth-order valence-corrected chi connectivity index (χ4v) is 0.732. The standard InChI is InChI=1S/C8H10O4/c1-5(9)7(10)4-6-2-3-8(11)12-6/h2-5,7,9-10H,1H3/b6-4-/t5-,7+/m0/s1. The minimum absolute atomic E-state index is 0.272. The zero-order valence-corrected chi connectivity index (χ0v) is 6.60. The molecule has 0 saturated heterocycles. The van der Waals surface area contributed by atoms with Crippen LogP contribution in [0.5, 0.6) is 0 Å². The normalized spacial score (nSPS) is 24.2. The molecule has 2 N–H and O–H groups in total. The van der Waals surface area contributed by atoms with Gasteiger partial charge in [0.05, 0.1) is 6.10 Å². The van der Waals surface area contributed by atoms with Crippen LogP contribution in [-0.2, 0) is 9.53 Å². The molecule has 0 saturated carbocycles. The number of hydrogen-bond acceptors (Lipinski definition) is 4. The lowest BCUT2D eigenvalue weighted by molar-refractivity contribution is -0.132. The first-order chi connectivity index (χ1) is 5.59. The molecule has 1 rings (SSSR count). The molecule has 2 atom stereocenters. The Hall–Kier alpha value is -1.13. The maximum Gasteiger partial charge on any atom is 0.336 e. The summed E-state index contributed by atoms with van der Waals surface area (Å²) in [4.78, 5) is 10.5.